The molecule has 0 unspecified atom stereocenters. The number of carbonyl (C=O) groups excluding carboxylic acids is 3. The van der Waals surface area contributed by atoms with Gasteiger partial charge in [-0.05, 0) is 61.7 Å². The van der Waals surface area contributed by atoms with Gasteiger partial charge in [0, 0.05) is 10.6 Å². The Bertz CT molecular complexity index is 1490. The largest absolute Gasteiger partial charge is 0.490 e. The molecular formula is C31H30Cl2N2O6. The molecule has 0 saturated carbocycles. The third kappa shape index (κ3) is 7.39. The van der Waals surface area contributed by atoms with Crippen LogP contribution in [0.2, 0.25) is 10.0 Å². The van der Waals surface area contributed by atoms with Gasteiger partial charge in [0.15, 0.2) is 11.5 Å². The minimum absolute atomic E-state index is 0.101. The first-order chi connectivity index (χ1) is 19.7. The van der Waals surface area contributed by atoms with E-state index < -0.39 is 17.8 Å². The summed E-state index contributed by atoms with van der Waals surface area (Å²) in [4.78, 5) is 39.9. The zero-order chi connectivity index (χ0) is 29.5. The molecule has 3 aromatic carbocycles. The van der Waals surface area contributed by atoms with Crippen molar-refractivity contribution in [2.24, 2.45) is 0 Å². The molecule has 0 radical (unpaired) electrons. The van der Waals surface area contributed by atoms with E-state index in [1.54, 1.807) is 18.2 Å². The van der Waals surface area contributed by atoms with Crippen molar-refractivity contribution in [1.82, 2.24) is 10.2 Å². The fraction of sp³-hybridized carbons (Fsp3) is 0.258. The first-order valence-corrected chi connectivity index (χ1v) is 13.9. The van der Waals surface area contributed by atoms with Crippen LogP contribution >= 0.6 is 23.2 Å². The van der Waals surface area contributed by atoms with Gasteiger partial charge in [0.1, 0.15) is 17.9 Å². The first kappa shape index (κ1) is 30.0. The van der Waals surface area contributed by atoms with Gasteiger partial charge in [-0.3, -0.25) is 19.8 Å². The molecule has 214 valence electrons. The number of nitrogens with one attached hydrogen (secondary N) is 1. The fourth-order valence-electron chi connectivity index (χ4n) is 4.11. The van der Waals surface area contributed by atoms with Crippen LogP contribution < -0.4 is 19.5 Å². The van der Waals surface area contributed by atoms with Crippen LogP contribution in [-0.2, 0) is 22.7 Å². The standard InChI is InChI=1S/C31H30Cl2N2O6/c1-4-12-40-26-11-10-21(13-27(26)39-5-2)17-35-30(37)24(29(36)34-31(35)38)15-22-14-23(32)16-25(33)28(22)41-18-20-8-6-19(3)7-9-20/h6-11,13-16H,4-5,12,17-18H2,1-3H3,(H,34,36,38)/b24-15+. The zero-order valence-electron chi connectivity index (χ0n) is 23.0. The first-order valence-electron chi connectivity index (χ1n) is 13.1. The smallest absolute Gasteiger partial charge is 0.331 e. The van der Waals surface area contributed by atoms with Crippen molar-refractivity contribution < 1.29 is 28.6 Å². The molecule has 4 amide bonds. The lowest BCUT2D eigenvalue weighted by Crippen LogP contribution is -2.53. The van der Waals surface area contributed by atoms with E-state index in [2.05, 4.69) is 5.32 Å². The van der Waals surface area contributed by atoms with Gasteiger partial charge in [0.25, 0.3) is 11.8 Å². The molecule has 0 atom stereocenters. The van der Waals surface area contributed by atoms with Crippen molar-refractivity contribution in [3.05, 3.63) is 92.5 Å². The summed E-state index contributed by atoms with van der Waals surface area (Å²) < 4.78 is 17.4. The molecule has 1 fully saturated rings. The second-order valence-electron chi connectivity index (χ2n) is 9.35. The number of benzene rings is 3. The maximum absolute atomic E-state index is 13.5. The van der Waals surface area contributed by atoms with Gasteiger partial charge in [0.05, 0.1) is 24.8 Å². The summed E-state index contributed by atoms with van der Waals surface area (Å²) in [7, 11) is 0. The molecule has 0 aliphatic carbocycles. The summed E-state index contributed by atoms with van der Waals surface area (Å²) in [6, 6.07) is 15.2. The maximum Gasteiger partial charge on any atom is 0.331 e. The van der Waals surface area contributed by atoms with E-state index in [0.717, 1.165) is 22.4 Å². The van der Waals surface area contributed by atoms with Crippen molar-refractivity contribution in [1.29, 1.82) is 0 Å². The van der Waals surface area contributed by atoms with Crippen LogP contribution in [-0.4, -0.2) is 36.0 Å². The number of barbiturate groups is 1. The van der Waals surface area contributed by atoms with Gasteiger partial charge in [0.2, 0.25) is 0 Å². The van der Waals surface area contributed by atoms with E-state index in [0.29, 0.717) is 35.8 Å². The quantitative estimate of drug-likeness (QED) is 0.195. The molecule has 10 heteroatoms. The number of carbonyl (C=O) groups is 3. The number of rotatable bonds is 11. The number of nitrogens with zero attached hydrogens (tertiary/aromatic N) is 1. The summed E-state index contributed by atoms with van der Waals surface area (Å²) in [6.45, 7) is 6.86. The van der Waals surface area contributed by atoms with Gasteiger partial charge in [-0.1, -0.05) is 66.0 Å². The molecule has 0 aromatic heterocycles. The summed E-state index contributed by atoms with van der Waals surface area (Å²) in [5.41, 5.74) is 2.68. The van der Waals surface area contributed by atoms with Crippen LogP contribution in [0.1, 0.15) is 42.5 Å². The van der Waals surface area contributed by atoms with Crippen molar-refractivity contribution >= 4 is 47.1 Å². The Morgan fingerprint density at radius 3 is 2.32 bits per heavy atom. The summed E-state index contributed by atoms with van der Waals surface area (Å²) >= 11 is 12.7. The highest BCUT2D eigenvalue weighted by Gasteiger charge is 2.36. The maximum atomic E-state index is 13.5. The highest BCUT2D eigenvalue weighted by molar-refractivity contribution is 6.36. The molecule has 3 aromatic rings. The number of amides is 4. The number of imide groups is 2. The number of ether oxygens (including phenoxy) is 3. The Morgan fingerprint density at radius 2 is 1.61 bits per heavy atom. The molecule has 0 spiro atoms. The highest BCUT2D eigenvalue weighted by atomic mass is 35.5. The van der Waals surface area contributed by atoms with E-state index in [-0.39, 0.29) is 34.5 Å². The Hall–Kier alpha value is -4.01. The monoisotopic (exact) mass is 596 g/mol. The van der Waals surface area contributed by atoms with E-state index in [4.69, 9.17) is 37.4 Å². The molecule has 8 nitrogen and oxygen atoms in total. The second kappa shape index (κ2) is 13.6. The van der Waals surface area contributed by atoms with Crippen molar-refractivity contribution in [2.75, 3.05) is 13.2 Å². The molecule has 41 heavy (non-hydrogen) atoms. The van der Waals surface area contributed by atoms with Gasteiger partial charge >= 0.3 is 6.03 Å². The minimum Gasteiger partial charge on any atom is -0.490 e. The van der Waals surface area contributed by atoms with Gasteiger partial charge in [-0.2, -0.15) is 0 Å². The average Bonchev–Trinajstić information content (AvgIpc) is 2.93. The number of aryl methyl sites for hydroxylation is 1. The lowest BCUT2D eigenvalue weighted by atomic mass is 10.1. The van der Waals surface area contributed by atoms with Gasteiger partial charge < -0.3 is 14.2 Å². The molecule has 1 aliphatic rings. The number of urea groups is 1. The Morgan fingerprint density at radius 1 is 0.878 bits per heavy atom. The summed E-state index contributed by atoms with van der Waals surface area (Å²) in [5.74, 6) is -0.297. The summed E-state index contributed by atoms with van der Waals surface area (Å²) in [6.07, 6.45) is 2.15. The predicted octanol–water partition coefficient (Wildman–Crippen LogP) is 6.73. The van der Waals surface area contributed by atoms with Crippen LogP contribution in [0.5, 0.6) is 17.2 Å². The third-order valence-corrected chi connectivity index (χ3v) is 6.64. The molecule has 1 aliphatic heterocycles. The Balaban J connectivity index is 1.62. The van der Waals surface area contributed by atoms with E-state index >= 15 is 0 Å². The van der Waals surface area contributed by atoms with Crippen molar-refractivity contribution in [3.8, 4) is 17.2 Å². The Labute approximate surface area is 248 Å². The highest BCUT2D eigenvalue weighted by Crippen LogP contribution is 2.35. The van der Waals surface area contributed by atoms with Gasteiger partial charge in [-0.15, -0.1) is 0 Å². The predicted molar refractivity (Wildman–Crippen MR) is 157 cm³/mol. The molecule has 1 heterocycles. The van der Waals surface area contributed by atoms with Crippen molar-refractivity contribution in [2.45, 2.75) is 40.3 Å². The lowest BCUT2D eigenvalue weighted by molar-refractivity contribution is -0.130. The van der Waals surface area contributed by atoms with Crippen LogP contribution in [0.3, 0.4) is 0 Å². The second-order valence-corrected chi connectivity index (χ2v) is 10.2. The molecular weight excluding hydrogens is 567 g/mol. The SMILES string of the molecule is CCCOc1ccc(CN2C(=O)NC(=O)/C(=C\c3cc(Cl)cc(Cl)c3OCc3ccc(C)cc3)C2=O)cc1OCC. The van der Waals surface area contributed by atoms with E-state index in [9.17, 15) is 14.4 Å². The number of hydrogen-bond donors (Lipinski definition) is 1. The van der Waals surface area contributed by atoms with Gasteiger partial charge in [-0.25, -0.2) is 4.79 Å². The zero-order valence-corrected chi connectivity index (χ0v) is 24.5. The number of hydrogen-bond acceptors (Lipinski definition) is 6. The molecule has 1 N–H and O–H groups in total. The third-order valence-electron chi connectivity index (χ3n) is 6.14. The lowest BCUT2D eigenvalue weighted by Gasteiger charge is -2.27. The fourth-order valence-corrected chi connectivity index (χ4v) is 4.67. The van der Waals surface area contributed by atoms with E-state index in [1.807, 2.05) is 45.0 Å². The minimum atomic E-state index is -0.838. The van der Waals surface area contributed by atoms with E-state index in [1.165, 1.54) is 18.2 Å². The normalized spacial score (nSPS) is 14.3. The van der Waals surface area contributed by atoms with Crippen molar-refractivity contribution in [3.63, 3.8) is 0 Å². The topological polar surface area (TPSA) is 94.2 Å². The summed E-state index contributed by atoms with van der Waals surface area (Å²) in [5, 5.41) is 2.73. The Kier molecular flexibility index (Phi) is 9.91. The van der Waals surface area contributed by atoms with Crippen LogP contribution in [0, 0.1) is 6.92 Å². The molecule has 0 bridgehead atoms. The number of halogens is 2. The van der Waals surface area contributed by atoms with Crippen LogP contribution in [0.4, 0.5) is 4.79 Å². The molecule has 1 saturated heterocycles. The average molecular weight is 597 g/mol. The van der Waals surface area contributed by atoms with Crippen LogP contribution in [0.25, 0.3) is 6.08 Å². The molecule has 4 rings (SSSR count). The van der Waals surface area contributed by atoms with Crippen LogP contribution in [0.15, 0.2) is 60.2 Å².